The minimum atomic E-state index is -0.613. The zero-order chi connectivity index (χ0) is 9.59. The van der Waals surface area contributed by atoms with Crippen LogP contribution in [-0.2, 0) is 13.0 Å². The van der Waals surface area contributed by atoms with Gasteiger partial charge in [0.25, 0.3) is 0 Å². The van der Waals surface area contributed by atoms with Crippen LogP contribution in [0.4, 0.5) is 0 Å². The fourth-order valence-corrected chi connectivity index (χ4v) is 1.94. The number of fused-ring (bicyclic) bond motifs is 1. The molecular formula is C10H15NO2. The maximum atomic E-state index is 9.49. The SMILES string of the molecule is Cc1cc2n(c1C)CC(O)C(O)C2. The maximum absolute atomic E-state index is 9.49. The van der Waals surface area contributed by atoms with Crippen molar-refractivity contribution in [2.45, 2.75) is 39.0 Å². The Morgan fingerprint density at radius 2 is 2.00 bits per heavy atom. The molecule has 2 rings (SSSR count). The number of aliphatic hydroxyl groups is 2. The molecule has 3 heteroatoms. The fourth-order valence-electron chi connectivity index (χ4n) is 1.94. The predicted molar refractivity (Wildman–Crippen MR) is 49.6 cm³/mol. The first-order chi connectivity index (χ1) is 6.09. The second-order valence-electron chi connectivity index (χ2n) is 3.85. The molecule has 0 amide bonds. The molecule has 1 aromatic rings. The molecule has 2 N–H and O–H groups in total. The average Bonchev–Trinajstić information content (AvgIpc) is 2.32. The fraction of sp³-hybridized carbons (Fsp3) is 0.600. The van der Waals surface area contributed by atoms with Crippen molar-refractivity contribution in [1.29, 1.82) is 0 Å². The summed E-state index contributed by atoms with van der Waals surface area (Å²) in [5.74, 6) is 0. The van der Waals surface area contributed by atoms with Gasteiger partial charge in [-0.2, -0.15) is 0 Å². The first kappa shape index (κ1) is 8.78. The van der Waals surface area contributed by atoms with Crippen molar-refractivity contribution in [2.75, 3.05) is 0 Å². The molecule has 0 radical (unpaired) electrons. The van der Waals surface area contributed by atoms with Gasteiger partial charge in [0.15, 0.2) is 0 Å². The van der Waals surface area contributed by atoms with Gasteiger partial charge in [-0.25, -0.2) is 0 Å². The number of aryl methyl sites for hydroxylation is 1. The molecule has 0 aliphatic carbocycles. The van der Waals surface area contributed by atoms with Crippen LogP contribution in [0.15, 0.2) is 6.07 Å². The largest absolute Gasteiger partial charge is 0.390 e. The molecule has 2 atom stereocenters. The van der Waals surface area contributed by atoms with Crippen LogP contribution in [0.25, 0.3) is 0 Å². The smallest absolute Gasteiger partial charge is 0.0981 e. The van der Waals surface area contributed by atoms with E-state index in [1.165, 1.54) is 11.3 Å². The van der Waals surface area contributed by atoms with Crippen LogP contribution in [-0.4, -0.2) is 27.0 Å². The van der Waals surface area contributed by atoms with Gasteiger partial charge in [0.2, 0.25) is 0 Å². The van der Waals surface area contributed by atoms with E-state index in [2.05, 4.69) is 17.6 Å². The van der Waals surface area contributed by atoms with Crippen LogP contribution in [0, 0.1) is 13.8 Å². The highest BCUT2D eigenvalue weighted by atomic mass is 16.3. The Bertz CT molecular complexity index is 330. The van der Waals surface area contributed by atoms with Gasteiger partial charge in [-0.05, 0) is 25.5 Å². The van der Waals surface area contributed by atoms with Crippen LogP contribution in [0.1, 0.15) is 17.0 Å². The van der Waals surface area contributed by atoms with E-state index in [0.29, 0.717) is 13.0 Å². The molecule has 0 fully saturated rings. The summed E-state index contributed by atoms with van der Waals surface area (Å²) in [5.41, 5.74) is 3.56. The maximum Gasteiger partial charge on any atom is 0.0981 e. The molecule has 2 unspecified atom stereocenters. The monoisotopic (exact) mass is 181 g/mol. The number of rotatable bonds is 0. The molecule has 72 valence electrons. The van der Waals surface area contributed by atoms with E-state index in [1.807, 2.05) is 6.92 Å². The number of aromatic nitrogens is 1. The molecule has 0 aromatic carbocycles. The lowest BCUT2D eigenvalue weighted by molar-refractivity contribution is -0.00307. The van der Waals surface area contributed by atoms with E-state index < -0.39 is 12.2 Å². The number of aliphatic hydroxyl groups excluding tert-OH is 2. The molecule has 13 heavy (non-hydrogen) atoms. The van der Waals surface area contributed by atoms with E-state index in [-0.39, 0.29) is 0 Å². The van der Waals surface area contributed by atoms with Gasteiger partial charge < -0.3 is 14.8 Å². The minimum absolute atomic E-state index is 0.524. The van der Waals surface area contributed by atoms with Gasteiger partial charge in [-0.3, -0.25) is 0 Å². The third-order valence-electron chi connectivity index (χ3n) is 2.94. The molecule has 0 spiro atoms. The van der Waals surface area contributed by atoms with Gasteiger partial charge in [0, 0.05) is 17.8 Å². The van der Waals surface area contributed by atoms with E-state index in [9.17, 15) is 10.2 Å². The zero-order valence-corrected chi connectivity index (χ0v) is 7.99. The van der Waals surface area contributed by atoms with Crippen LogP contribution in [0.5, 0.6) is 0 Å². The van der Waals surface area contributed by atoms with Crippen molar-refractivity contribution in [3.05, 3.63) is 23.0 Å². The molecule has 3 nitrogen and oxygen atoms in total. The summed E-state index contributed by atoms with van der Waals surface area (Å²) in [6.45, 7) is 4.62. The highest BCUT2D eigenvalue weighted by molar-refractivity contribution is 5.27. The van der Waals surface area contributed by atoms with E-state index >= 15 is 0 Å². The lowest BCUT2D eigenvalue weighted by Crippen LogP contribution is -2.37. The Kier molecular flexibility index (Phi) is 1.93. The van der Waals surface area contributed by atoms with Crippen molar-refractivity contribution in [3.63, 3.8) is 0 Å². The molecule has 0 bridgehead atoms. The third kappa shape index (κ3) is 1.28. The zero-order valence-electron chi connectivity index (χ0n) is 7.99. The summed E-state index contributed by atoms with van der Waals surface area (Å²) in [5, 5.41) is 18.9. The summed E-state index contributed by atoms with van der Waals surface area (Å²) in [6, 6.07) is 2.09. The van der Waals surface area contributed by atoms with Crippen LogP contribution in [0.2, 0.25) is 0 Å². The van der Waals surface area contributed by atoms with Gasteiger partial charge >= 0.3 is 0 Å². The Balaban J connectivity index is 2.42. The van der Waals surface area contributed by atoms with Crippen molar-refractivity contribution < 1.29 is 10.2 Å². The minimum Gasteiger partial charge on any atom is -0.390 e. The molecule has 1 aliphatic rings. The number of hydrogen-bond donors (Lipinski definition) is 2. The normalized spacial score (nSPS) is 27.4. The van der Waals surface area contributed by atoms with Gasteiger partial charge in [-0.1, -0.05) is 0 Å². The predicted octanol–water partition coefficient (Wildman–Crippen LogP) is 0.383. The van der Waals surface area contributed by atoms with Crippen LogP contribution < -0.4 is 0 Å². The van der Waals surface area contributed by atoms with Crippen molar-refractivity contribution in [1.82, 2.24) is 4.57 Å². The van der Waals surface area contributed by atoms with Gasteiger partial charge in [0.1, 0.15) is 0 Å². The van der Waals surface area contributed by atoms with Crippen molar-refractivity contribution >= 4 is 0 Å². The Morgan fingerprint density at radius 1 is 1.31 bits per heavy atom. The summed E-state index contributed by atoms with van der Waals surface area (Å²) < 4.78 is 2.09. The van der Waals surface area contributed by atoms with Crippen molar-refractivity contribution in [2.24, 2.45) is 0 Å². The van der Waals surface area contributed by atoms with Gasteiger partial charge in [0.05, 0.1) is 18.8 Å². The highest BCUT2D eigenvalue weighted by Gasteiger charge is 2.26. The summed E-state index contributed by atoms with van der Waals surface area (Å²) >= 11 is 0. The van der Waals surface area contributed by atoms with E-state index in [4.69, 9.17) is 0 Å². The standard InChI is InChI=1S/C10H15NO2/c1-6-3-8-4-9(12)10(13)5-11(8)7(6)2/h3,9-10,12-13H,4-5H2,1-2H3. The Hall–Kier alpha value is -0.800. The summed E-state index contributed by atoms with van der Waals surface area (Å²) in [4.78, 5) is 0. The molecule has 2 heterocycles. The molecular weight excluding hydrogens is 166 g/mol. The molecule has 1 aliphatic heterocycles. The lowest BCUT2D eigenvalue weighted by atomic mass is 10.0. The van der Waals surface area contributed by atoms with Crippen LogP contribution >= 0.6 is 0 Å². The van der Waals surface area contributed by atoms with E-state index in [1.54, 1.807) is 0 Å². The molecule has 1 aromatic heterocycles. The molecule has 0 saturated carbocycles. The summed E-state index contributed by atoms with van der Waals surface area (Å²) in [7, 11) is 0. The molecule has 0 saturated heterocycles. The number of nitrogens with zero attached hydrogens (tertiary/aromatic N) is 1. The first-order valence-electron chi connectivity index (χ1n) is 4.61. The van der Waals surface area contributed by atoms with E-state index in [0.717, 1.165) is 5.69 Å². The highest BCUT2D eigenvalue weighted by Crippen LogP contribution is 2.22. The Morgan fingerprint density at radius 3 is 2.69 bits per heavy atom. The van der Waals surface area contributed by atoms with Crippen LogP contribution in [0.3, 0.4) is 0 Å². The second kappa shape index (κ2) is 2.86. The topological polar surface area (TPSA) is 45.4 Å². The van der Waals surface area contributed by atoms with Crippen molar-refractivity contribution in [3.8, 4) is 0 Å². The third-order valence-corrected chi connectivity index (χ3v) is 2.94. The number of hydrogen-bond acceptors (Lipinski definition) is 2. The summed E-state index contributed by atoms with van der Waals surface area (Å²) in [6.07, 6.45) is -0.644. The Labute approximate surface area is 77.6 Å². The second-order valence-corrected chi connectivity index (χ2v) is 3.85. The average molecular weight is 181 g/mol. The quantitative estimate of drug-likeness (QED) is 0.608. The van der Waals surface area contributed by atoms with Gasteiger partial charge in [-0.15, -0.1) is 0 Å². The lowest BCUT2D eigenvalue weighted by Gasteiger charge is -2.26. The first-order valence-corrected chi connectivity index (χ1v) is 4.61.